The van der Waals surface area contributed by atoms with Crippen LogP contribution in [0.5, 0.6) is 0 Å². The Bertz CT molecular complexity index is 776. The molecule has 0 fully saturated rings. The number of para-hydroxylation sites is 1. The van der Waals surface area contributed by atoms with Crippen molar-refractivity contribution in [3.8, 4) is 6.07 Å². The number of ether oxygens (including phenoxy) is 1. The second-order valence-electron chi connectivity index (χ2n) is 5.44. The Morgan fingerprint density at radius 3 is 2.50 bits per heavy atom. The zero-order valence-corrected chi connectivity index (χ0v) is 13.6. The fourth-order valence-corrected chi connectivity index (χ4v) is 2.09. The molecule has 0 aromatic heterocycles. The Morgan fingerprint density at radius 1 is 1.17 bits per heavy atom. The van der Waals surface area contributed by atoms with E-state index in [9.17, 15) is 9.59 Å². The van der Waals surface area contributed by atoms with E-state index in [1.807, 2.05) is 37.3 Å². The predicted molar refractivity (Wildman–Crippen MR) is 90.2 cm³/mol. The molecule has 5 heteroatoms. The summed E-state index contributed by atoms with van der Waals surface area (Å²) in [5, 5.41) is 11.6. The first-order valence-corrected chi connectivity index (χ1v) is 7.54. The van der Waals surface area contributed by atoms with Crippen LogP contribution < -0.4 is 5.32 Å². The zero-order chi connectivity index (χ0) is 17.5. The molecule has 0 radical (unpaired) electrons. The van der Waals surface area contributed by atoms with Gasteiger partial charge in [-0.25, -0.2) is 0 Å². The van der Waals surface area contributed by atoms with E-state index in [1.165, 1.54) is 6.92 Å². The second kappa shape index (κ2) is 7.93. The lowest BCUT2D eigenvalue weighted by Crippen LogP contribution is -2.30. The molecule has 1 amide bonds. The highest BCUT2D eigenvalue weighted by Gasteiger charge is 2.19. The van der Waals surface area contributed by atoms with Crippen LogP contribution in [0, 0.1) is 18.3 Å². The molecule has 2 aromatic rings. The first-order chi connectivity index (χ1) is 11.5. The number of rotatable bonds is 5. The van der Waals surface area contributed by atoms with Gasteiger partial charge in [0.15, 0.2) is 6.10 Å². The Labute approximate surface area is 140 Å². The van der Waals surface area contributed by atoms with Crippen molar-refractivity contribution < 1.29 is 14.3 Å². The highest BCUT2D eigenvalue weighted by atomic mass is 16.5. The van der Waals surface area contributed by atoms with Gasteiger partial charge in [0.05, 0.1) is 17.7 Å². The number of anilines is 1. The van der Waals surface area contributed by atoms with Gasteiger partial charge in [0.25, 0.3) is 5.91 Å². The lowest BCUT2D eigenvalue weighted by molar-refractivity contribution is -0.152. The fraction of sp³-hybridized carbons (Fsp3) is 0.211. The van der Waals surface area contributed by atoms with Crippen LogP contribution in [0.1, 0.15) is 23.6 Å². The first kappa shape index (κ1) is 17.2. The van der Waals surface area contributed by atoms with Crippen molar-refractivity contribution in [2.24, 2.45) is 0 Å². The molecule has 0 saturated carbocycles. The molecule has 24 heavy (non-hydrogen) atoms. The summed E-state index contributed by atoms with van der Waals surface area (Å²) in [4.78, 5) is 24.0. The van der Waals surface area contributed by atoms with Gasteiger partial charge in [0.1, 0.15) is 6.07 Å². The summed E-state index contributed by atoms with van der Waals surface area (Å²) in [6.45, 7) is 3.46. The molecule has 1 N–H and O–H groups in total. The molecule has 0 unspecified atom stereocenters. The van der Waals surface area contributed by atoms with Crippen LogP contribution in [0.3, 0.4) is 0 Å². The van der Waals surface area contributed by atoms with Gasteiger partial charge in [0.2, 0.25) is 0 Å². The molecule has 5 nitrogen and oxygen atoms in total. The molecule has 0 spiro atoms. The van der Waals surface area contributed by atoms with E-state index in [0.29, 0.717) is 11.3 Å². The summed E-state index contributed by atoms with van der Waals surface area (Å²) in [6, 6.07) is 16.2. The zero-order valence-electron chi connectivity index (χ0n) is 13.6. The van der Waals surface area contributed by atoms with Crippen molar-refractivity contribution in [2.75, 3.05) is 5.32 Å². The van der Waals surface area contributed by atoms with Gasteiger partial charge in [-0.1, -0.05) is 42.0 Å². The lowest BCUT2D eigenvalue weighted by Gasteiger charge is -2.14. The summed E-state index contributed by atoms with van der Waals surface area (Å²) in [6.07, 6.45) is -0.846. The maximum Gasteiger partial charge on any atom is 0.311 e. The van der Waals surface area contributed by atoms with E-state index in [4.69, 9.17) is 10.00 Å². The van der Waals surface area contributed by atoms with Crippen molar-refractivity contribution in [1.29, 1.82) is 5.26 Å². The third-order valence-corrected chi connectivity index (χ3v) is 3.45. The summed E-state index contributed by atoms with van der Waals surface area (Å²) in [5.74, 6) is -0.954. The number of carbonyl (C=O) groups is 2. The van der Waals surface area contributed by atoms with E-state index in [-0.39, 0.29) is 6.42 Å². The van der Waals surface area contributed by atoms with Gasteiger partial charge >= 0.3 is 5.97 Å². The molecule has 0 bridgehead atoms. The lowest BCUT2D eigenvalue weighted by atomic mass is 10.1. The molecule has 0 aliphatic rings. The fourth-order valence-electron chi connectivity index (χ4n) is 2.09. The average Bonchev–Trinajstić information content (AvgIpc) is 2.57. The summed E-state index contributed by atoms with van der Waals surface area (Å²) < 4.78 is 5.16. The van der Waals surface area contributed by atoms with Crippen LogP contribution >= 0.6 is 0 Å². The Morgan fingerprint density at radius 2 is 1.83 bits per heavy atom. The smallest absolute Gasteiger partial charge is 0.311 e. The minimum Gasteiger partial charge on any atom is -0.452 e. The second-order valence-corrected chi connectivity index (χ2v) is 5.44. The number of carbonyl (C=O) groups excluding carboxylic acids is 2. The van der Waals surface area contributed by atoms with Gasteiger partial charge in [0, 0.05) is 0 Å². The third-order valence-electron chi connectivity index (χ3n) is 3.45. The number of benzene rings is 2. The SMILES string of the molecule is Cc1ccc(CC(=O)O[C@@H](C)C(=O)Nc2ccccc2C#N)cc1. The van der Waals surface area contributed by atoms with Crippen molar-refractivity contribution in [3.63, 3.8) is 0 Å². The molecule has 2 rings (SSSR count). The van der Waals surface area contributed by atoms with Crippen LogP contribution in [0.2, 0.25) is 0 Å². The van der Waals surface area contributed by atoms with Crippen molar-refractivity contribution in [1.82, 2.24) is 0 Å². The normalized spacial score (nSPS) is 11.2. The number of hydrogen-bond donors (Lipinski definition) is 1. The number of nitriles is 1. The Hall–Kier alpha value is -3.13. The molecule has 0 heterocycles. The van der Waals surface area contributed by atoms with Gasteiger partial charge < -0.3 is 10.1 Å². The van der Waals surface area contributed by atoms with Gasteiger partial charge in [-0.05, 0) is 31.5 Å². The van der Waals surface area contributed by atoms with Gasteiger partial charge in [-0.15, -0.1) is 0 Å². The van der Waals surface area contributed by atoms with E-state index in [2.05, 4.69) is 5.32 Å². The quantitative estimate of drug-likeness (QED) is 0.858. The van der Waals surface area contributed by atoms with Crippen LogP contribution in [-0.2, 0) is 20.7 Å². The minimum atomic E-state index is -0.949. The summed E-state index contributed by atoms with van der Waals surface area (Å²) in [7, 11) is 0. The van der Waals surface area contributed by atoms with Crippen LogP contribution in [0.15, 0.2) is 48.5 Å². The Balaban J connectivity index is 1.92. The predicted octanol–water partition coefficient (Wildman–Crippen LogP) is 2.98. The van der Waals surface area contributed by atoms with Gasteiger partial charge in [-0.2, -0.15) is 5.26 Å². The first-order valence-electron chi connectivity index (χ1n) is 7.54. The number of nitrogens with one attached hydrogen (secondary N) is 1. The highest BCUT2D eigenvalue weighted by Crippen LogP contribution is 2.14. The van der Waals surface area contributed by atoms with Gasteiger partial charge in [-0.3, -0.25) is 9.59 Å². The molecule has 1 atom stereocenters. The molecular weight excluding hydrogens is 304 g/mol. The molecular formula is C19H18N2O3. The standard InChI is InChI=1S/C19H18N2O3/c1-13-7-9-15(10-8-13)11-18(22)24-14(2)19(23)21-17-6-4-3-5-16(17)12-20/h3-10,14H,11H2,1-2H3,(H,21,23)/t14-/m0/s1. The monoisotopic (exact) mass is 322 g/mol. The number of esters is 1. The largest absolute Gasteiger partial charge is 0.452 e. The highest BCUT2D eigenvalue weighted by molar-refractivity contribution is 5.96. The topological polar surface area (TPSA) is 79.2 Å². The average molecular weight is 322 g/mol. The number of nitrogens with zero attached hydrogens (tertiary/aromatic N) is 1. The van der Waals surface area contributed by atoms with Crippen LogP contribution in [-0.4, -0.2) is 18.0 Å². The number of aryl methyl sites for hydroxylation is 1. The Kier molecular flexibility index (Phi) is 5.69. The van der Waals surface area contributed by atoms with Crippen molar-refractivity contribution >= 4 is 17.6 Å². The molecule has 0 aliphatic heterocycles. The number of amides is 1. The van der Waals surface area contributed by atoms with Crippen molar-refractivity contribution in [2.45, 2.75) is 26.4 Å². The van der Waals surface area contributed by atoms with E-state index in [1.54, 1.807) is 24.3 Å². The minimum absolute atomic E-state index is 0.104. The van der Waals surface area contributed by atoms with Crippen molar-refractivity contribution in [3.05, 3.63) is 65.2 Å². The van der Waals surface area contributed by atoms with E-state index < -0.39 is 18.0 Å². The van der Waals surface area contributed by atoms with E-state index in [0.717, 1.165) is 11.1 Å². The summed E-state index contributed by atoms with van der Waals surface area (Å²) in [5.41, 5.74) is 2.68. The van der Waals surface area contributed by atoms with Crippen LogP contribution in [0.4, 0.5) is 5.69 Å². The molecule has 0 saturated heterocycles. The van der Waals surface area contributed by atoms with E-state index >= 15 is 0 Å². The summed E-state index contributed by atoms with van der Waals surface area (Å²) >= 11 is 0. The molecule has 2 aromatic carbocycles. The maximum atomic E-state index is 12.1. The maximum absolute atomic E-state index is 12.1. The molecule has 0 aliphatic carbocycles. The molecule has 122 valence electrons. The third kappa shape index (κ3) is 4.68. The number of hydrogen-bond acceptors (Lipinski definition) is 4. The van der Waals surface area contributed by atoms with Crippen LogP contribution in [0.25, 0.3) is 0 Å².